The Bertz CT molecular complexity index is 859. The van der Waals surface area contributed by atoms with Crippen molar-refractivity contribution in [2.75, 3.05) is 14.2 Å². The minimum atomic E-state index is -0.135. The van der Waals surface area contributed by atoms with Gasteiger partial charge < -0.3 is 19.4 Å². The van der Waals surface area contributed by atoms with Crippen LogP contribution in [0.2, 0.25) is 0 Å². The van der Waals surface area contributed by atoms with Crippen LogP contribution in [0.15, 0.2) is 61.2 Å². The predicted molar refractivity (Wildman–Crippen MR) is 98.5 cm³/mol. The summed E-state index contributed by atoms with van der Waals surface area (Å²) in [6.07, 6.45) is 5.42. The van der Waals surface area contributed by atoms with Crippen molar-refractivity contribution in [2.45, 2.75) is 13.1 Å². The third-order valence-corrected chi connectivity index (χ3v) is 4.06. The summed E-state index contributed by atoms with van der Waals surface area (Å²) in [5.41, 5.74) is 2.58. The summed E-state index contributed by atoms with van der Waals surface area (Å²) in [5, 5.41) is 2.92. The lowest BCUT2D eigenvalue weighted by atomic mass is 10.1. The number of amides is 1. The number of para-hydroxylation sites is 1. The number of carbonyl (C=O) groups is 1. The van der Waals surface area contributed by atoms with Crippen LogP contribution in [0.25, 0.3) is 0 Å². The third kappa shape index (κ3) is 4.03. The number of rotatable bonds is 7. The molecule has 1 amide bonds. The molecule has 1 aromatic heterocycles. The third-order valence-electron chi connectivity index (χ3n) is 4.06. The second-order valence-electron chi connectivity index (χ2n) is 5.77. The normalized spacial score (nSPS) is 10.4. The Labute approximate surface area is 152 Å². The molecule has 0 radical (unpaired) electrons. The van der Waals surface area contributed by atoms with Gasteiger partial charge in [-0.2, -0.15) is 0 Å². The fourth-order valence-corrected chi connectivity index (χ4v) is 2.72. The Morgan fingerprint density at radius 1 is 1.12 bits per heavy atom. The molecule has 0 atom stereocenters. The minimum Gasteiger partial charge on any atom is -0.493 e. The van der Waals surface area contributed by atoms with Gasteiger partial charge in [0.25, 0.3) is 5.91 Å². The standard InChI is InChI=1S/C20H21N3O3/c1-25-18-5-3-4-17(19(18)26-2)12-22-20(24)16-8-6-15(7-9-16)13-23-11-10-21-14-23/h3-11,14H,12-13H2,1-2H3,(H,22,24). The van der Waals surface area contributed by atoms with Crippen LogP contribution >= 0.6 is 0 Å². The number of benzene rings is 2. The highest BCUT2D eigenvalue weighted by Crippen LogP contribution is 2.30. The molecular weight excluding hydrogens is 330 g/mol. The smallest absolute Gasteiger partial charge is 0.251 e. The van der Waals surface area contributed by atoms with Crippen molar-refractivity contribution in [3.05, 3.63) is 77.9 Å². The van der Waals surface area contributed by atoms with Gasteiger partial charge in [-0.1, -0.05) is 24.3 Å². The van der Waals surface area contributed by atoms with Gasteiger partial charge in [0.05, 0.1) is 20.5 Å². The number of nitrogens with zero attached hydrogens (tertiary/aromatic N) is 2. The molecule has 0 aliphatic rings. The Kier molecular flexibility index (Phi) is 5.53. The molecule has 0 spiro atoms. The second kappa shape index (κ2) is 8.20. The lowest BCUT2D eigenvalue weighted by molar-refractivity contribution is 0.0950. The molecule has 0 saturated heterocycles. The van der Waals surface area contributed by atoms with Gasteiger partial charge >= 0.3 is 0 Å². The molecule has 3 rings (SSSR count). The highest BCUT2D eigenvalue weighted by atomic mass is 16.5. The van der Waals surface area contributed by atoms with Gasteiger partial charge in [0.1, 0.15) is 0 Å². The number of imidazole rings is 1. The average Bonchev–Trinajstić information content (AvgIpc) is 3.19. The number of methoxy groups -OCH3 is 2. The number of hydrogen-bond donors (Lipinski definition) is 1. The SMILES string of the molecule is COc1cccc(CNC(=O)c2ccc(Cn3ccnc3)cc2)c1OC. The van der Waals surface area contributed by atoms with Gasteiger partial charge in [-0.15, -0.1) is 0 Å². The molecule has 0 saturated carbocycles. The minimum absolute atomic E-state index is 0.135. The van der Waals surface area contributed by atoms with E-state index in [9.17, 15) is 4.79 Å². The molecule has 6 nitrogen and oxygen atoms in total. The van der Waals surface area contributed by atoms with Crippen molar-refractivity contribution >= 4 is 5.91 Å². The lowest BCUT2D eigenvalue weighted by Crippen LogP contribution is -2.23. The van der Waals surface area contributed by atoms with Crippen molar-refractivity contribution in [1.82, 2.24) is 14.9 Å². The molecule has 0 bridgehead atoms. The molecule has 0 aliphatic carbocycles. The van der Waals surface area contributed by atoms with E-state index in [2.05, 4.69) is 10.3 Å². The molecule has 1 heterocycles. The van der Waals surface area contributed by atoms with E-state index in [0.717, 1.165) is 17.7 Å². The Morgan fingerprint density at radius 3 is 2.58 bits per heavy atom. The van der Waals surface area contributed by atoms with Crippen molar-refractivity contribution < 1.29 is 14.3 Å². The maximum absolute atomic E-state index is 12.4. The first kappa shape index (κ1) is 17.5. The van der Waals surface area contributed by atoms with Crippen LogP contribution < -0.4 is 14.8 Å². The van der Waals surface area contributed by atoms with Crippen molar-refractivity contribution in [2.24, 2.45) is 0 Å². The molecule has 6 heteroatoms. The Morgan fingerprint density at radius 2 is 1.92 bits per heavy atom. The van der Waals surface area contributed by atoms with Gasteiger partial charge in [0.2, 0.25) is 0 Å². The van der Waals surface area contributed by atoms with E-state index < -0.39 is 0 Å². The van der Waals surface area contributed by atoms with Crippen LogP contribution in [0.5, 0.6) is 11.5 Å². The molecule has 0 unspecified atom stereocenters. The number of aromatic nitrogens is 2. The summed E-state index contributed by atoms with van der Waals surface area (Å²) in [7, 11) is 3.17. The summed E-state index contributed by atoms with van der Waals surface area (Å²) < 4.78 is 12.6. The predicted octanol–water partition coefficient (Wildman–Crippen LogP) is 2.88. The molecule has 3 aromatic rings. The quantitative estimate of drug-likeness (QED) is 0.711. The largest absolute Gasteiger partial charge is 0.493 e. The number of ether oxygens (including phenoxy) is 2. The zero-order chi connectivity index (χ0) is 18.4. The van der Waals surface area contributed by atoms with Crippen LogP contribution in [-0.4, -0.2) is 29.7 Å². The van der Waals surface area contributed by atoms with E-state index >= 15 is 0 Å². The summed E-state index contributed by atoms with van der Waals surface area (Å²) in [6, 6.07) is 13.1. The fourth-order valence-electron chi connectivity index (χ4n) is 2.72. The number of nitrogens with one attached hydrogen (secondary N) is 1. The van der Waals surface area contributed by atoms with Crippen LogP contribution in [0.1, 0.15) is 21.5 Å². The van der Waals surface area contributed by atoms with Gasteiger partial charge in [-0.25, -0.2) is 4.98 Å². The summed E-state index contributed by atoms with van der Waals surface area (Å²) in [5.74, 6) is 1.14. The molecular formula is C20H21N3O3. The first-order valence-electron chi connectivity index (χ1n) is 8.24. The van der Waals surface area contributed by atoms with Gasteiger partial charge in [-0.05, 0) is 23.8 Å². The van der Waals surface area contributed by atoms with Crippen molar-refractivity contribution in [3.8, 4) is 11.5 Å². The van der Waals surface area contributed by atoms with E-state index in [4.69, 9.17) is 9.47 Å². The number of hydrogen-bond acceptors (Lipinski definition) is 4. The highest BCUT2D eigenvalue weighted by Gasteiger charge is 2.11. The van der Waals surface area contributed by atoms with Crippen molar-refractivity contribution in [1.29, 1.82) is 0 Å². The van der Waals surface area contributed by atoms with E-state index in [1.165, 1.54) is 0 Å². The van der Waals surface area contributed by atoms with E-state index in [-0.39, 0.29) is 5.91 Å². The van der Waals surface area contributed by atoms with Gasteiger partial charge in [-0.3, -0.25) is 4.79 Å². The zero-order valence-corrected chi connectivity index (χ0v) is 14.8. The summed E-state index contributed by atoms with van der Waals surface area (Å²) >= 11 is 0. The maximum atomic E-state index is 12.4. The highest BCUT2D eigenvalue weighted by molar-refractivity contribution is 5.94. The first-order chi connectivity index (χ1) is 12.7. The van der Waals surface area contributed by atoms with Crippen LogP contribution in [0.3, 0.4) is 0 Å². The van der Waals surface area contributed by atoms with Crippen molar-refractivity contribution in [3.63, 3.8) is 0 Å². The maximum Gasteiger partial charge on any atom is 0.251 e. The van der Waals surface area contributed by atoms with Gasteiger partial charge in [0, 0.05) is 36.6 Å². The molecule has 0 aliphatic heterocycles. The lowest BCUT2D eigenvalue weighted by Gasteiger charge is -2.13. The molecule has 0 fully saturated rings. The van der Waals surface area contributed by atoms with Crippen LogP contribution in [0.4, 0.5) is 0 Å². The van der Waals surface area contributed by atoms with E-state index in [1.807, 2.05) is 53.2 Å². The molecule has 2 aromatic carbocycles. The molecule has 134 valence electrons. The zero-order valence-electron chi connectivity index (χ0n) is 14.8. The topological polar surface area (TPSA) is 65.4 Å². The molecule has 1 N–H and O–H groups in total. The van der Waals surface area contributed by atoms with Crippen LogP contribution in [0, 0.1) is 0 Å². The van der Waals surface area contributed by atoms with E-state index in [1.54, 1.807) is 26.7 Å². The summed E-state index contributed by atoms with van der Waals surface area (Å²) in [4.78, 5) is 16.4. The monoisotopic (exact) mass is 351 g/mol. The average molecular weight is 351 g/mol. The Balaban J connectivity index is 1.63. The first-order valence-corrected chi connectivity index (χ1v) is 8.24. The Hall–Kier alpha value is -3.28. The number of carbonyl (C=O) groups excluding carboxylic acids is 1. The molecule has 26 heavy (non-hydrogen) atoms. The van der Waals surface area contributed by atoms with E-state index in [0.29, 0.717) is 23.6 Å². The second-order valence-corrected chi connectivity index (χ2v) is 5.77. The summed E-state index contributed by atoms with van der Waals surface area (Å²) in [6.45, 7) is 1.08. The van der Waals surface area contributed by atoms with Gasteiger partial charge in [0.15, 0.2) is 11.5 Å². The fraction of sp³-hybridized carbons (Fsp3) is 0.200. The van der Waals surface area contributed by atoms with Crippen LogP contribution in [-0.2, 0) is 13.1 Å².